The average Bonchev–Trinajstić information content (AvgIpc) is 3.81. The number of nitrogens with one attached hydrogen (secondary N) is 2. The standard InChI is InChI=1S/C35H29Cl2N3O6S2/c1-15-3-7-18(8-4-15)40-33(42)28-19-13-20(29(28)34(40)43)30-27(19)26(31-32(47-30)39-35(44)48-31)16-5-10-23(24(11-16)45-2)46-14-25(41)38-17-6-9-21(36)22(37)12-17/h3-12,19-20,26-30H,13-14H2,1-2H3,(H,38,41)(H,39,44)/t19-,20-,26-,27?,28?,29?,30?/m1/s1. The van der Waals surface area contributed by atoms with Gasteiger partial charge in [-0.1, -0.05) is 58.3 Å². The van der Waals surface area contributed by atoms with Gasteiger partial charge >= 0.3 is 4.87 Å². The normalized spacial score (nSPS) is 26.7. The summed E-state index contributed by atoms with van der Waals surface area (Å²) in [5.74, 6) is -0.751. The number of imide groups is 1. The number of methoxy groups -OCH3 is 1. The first kappa shape index (κ1) is 31.5. The summed E-state index contributed by atoms with van der Waals surface area (Å²) in [6.45, 7) is 1.70. The predicted molar refractivity (Wildman–Crippen MR) is 186 cm³/mol. The summed E-state index contributed by atoms with van der Waals surface area (Å²) >= 11 is 14.9. The number of hydrogen-bond donors (Lipinski definition) is 2. The second-order valence-corrected chi connectivity index (χ2v) is 15.7. The molecule has 2 aliphatic carbocycles. The van der Waals surface area contributed by atoms with Crippen molar-refractivity contribution in [3.8, 4) is 11.5 Å². The quantitative estimate of drug-likeness (QED) is 0.203. The first-order valence-electron chi connectivity index (χ1n) is 15.5. The van der Waals surface area contributed by atoms with Gasteiger partial charge in [-0.25, -0.2) is 0 Å². The zero-order valence-electron chi connectivity index (χ0n) is 25.7. The van der Waals surface area contributed by atoms with Gasteiger partial charge in [0.2, 0.25) is 11.8 Å². The third-order valence-electron chi connectivity index (χ3n) is 10.1. The minimum atomic E-state index is -0.399. The van der Waals surface area contributed by atoms with Gasteiger partial charge in [-0.15, -0.1) is 11.8 Å². The lowest BCUT2D eigenvalue weighted by Gasteiger charge is -2.43. The highest BCUT2D eigenvalue weighted by molar-refractivity contribution is 8.00. The lowest BCUT2D eigenvalue weighted by atomic mass is 9.68. The molecule has 4 unspecified atom stereocenters. The number of nitrogens with zero attached hydrogens (tertiary/aromatic N) is 1. The lowest BCUT2D eigenvalue weighted by Crippen LogP contribution is -2.42. The van der Waals surface area contributed by atoms with E-state index in [9.17, 15) is 19.2 Å². The molecule has 1 aromatic heterocycles. The van der Waals surface area contributed by atoms with E-state index in [0.29, 0.717) is 32.9 Å². The molecule has 246 valence electrons. The topological polar surface area (TPSA) is 118 Å². The van der Waals surface area contributed by atoms with Gasteiger partial charge in [0.15, 0.2) is 18.1 Å². The van der Waals surface area contributed by atoms with Gasteiger partial charge in [0.1, 0.15) is 0 Å². The van der Waals surface area contributed by atoms with Gasteiger partial charge in [0, 0.05) is 21.7 Å². The fraction of sp³-hybridized carbons (Fsp3) is 0.314. The van der Waals surface area contributed by atoms with E-state index in [-0.39, 0.29) is 64.0 Å². The number of carbonyl (C=O) groups is 3. The third-order valence-corrected chi connectivity index (χ3v) is 13.5. The molecule has 4 aliphatic rings. The van der Waals surface area contributed by atoms with E-state index in [4.69, 9.17) is 32.7 Å². The molecule has 3 fully saturated rings. The number of aromatic amines is 1. The minimum absolute atomic E-state index is 0.0134. The SMILES string of the molecule is COc1cc([C@H]2c3sc(=O)[nH]c3SC3C2[C@H]2C[C@@H]3C3C(=O)N(c4ccc(C)cc4)C(=O)C32)ccc1OCC(=O)Nc1ccc(Cl)c(Cl)c1. The highest BCUT2D eigenvalue weighted by Crippen LogP contribution is 2.68. The maximum atomic E-state index is 14.0. The van der Waals surface area contributed by atoms with Gasteiger partial charge in [-0.05, 0) is 79.1 Å². The van der Waals surface area contributed by atoms with Crippen LogP contribution in [0.3, 0.4) is 0 Å². The molecule has 2 N–H and O–H groups in total. The van der Waals surface area contributed by atoms with E-state index in [0.717, 1.165) is 27.5 Å². The molecule has 3 heterocycles. The number of ether oxygens (including phenoxy) is 2. The Bertz CT molecular complexity index is 2050. The number of amides is 3. The Morgan fingerprint density at radius 1 is 0.958 bits per heavy atom. The van der Waals surface area contributed by atoms with Crippen LogP contribution in [-0.2, 0) is 14.4 Å². The number of fused-ring (bicyclic) bond motifs is 9. The zero-order chi connectivity index (χ0) is 33.4. The summed E-state index contributed by atoms with van der Waals surface area (Å²) in [5, 5.41) is 4.33. The van der Waals surface area contributed by atoms with Crippen molar-refractivity contribution >= 4 is 75.4 Å². The highest BCUT2D eigenvalue weighted by atomic mass is 35.5. The van der Waals surface area contributed by atoms with Crippen molar-refractivity contribution in [2.45, 2.75) is 29.5 Å². The first-order chi connectivity index (χ1) is 23.1. The summed E-state index contributed by atoms with van der Waals surface area (Å²) in [7, 11) is 1.53. The number of thioether (sulfide) groups is 1. The smallest absolute Gasteiger partial charge is 0.305 e. The maximum Gasteiger partial charge on any atom is 0.305 e. The van der Waals surface area contributed by atoms with Crippen LogP contribution in [0.1, 0.15) is 28.3 Å². The van der Waals surface area contributed by atoms with Crippen LogP contribution in [0.2, 0.25) is 10.0 Å². The van der Waals surface area contributed by atoms with E-state index < -0.39 is 5.92 Å². The second-order valence-electron chi connectivity index (χ2n) is 12.7. The molecule has 8 rings (SSSR count). The van der Waals surface area contributed by atoms with Crippen LogP contribution in [0.15, 0.2) is 70.5 Å². The Hall–Kier alpha value is -3.77. The Kier molecular flexibility index (Phi) is 7.86. The summed E-state index contributed by atoms with van der Waals surface area (Å²) in [5.41, 5.74) is 3.08. The molecule has 4 aromatic rings. The number of H-pyrrole nitrogens is 1. The van der Waals surface area contributed by atoms with Crippen molar-refractivity contribution in [1.29, 1.82) is 0 Å². The van der Waals surface area contributed by atoms with E-state index >= 15 is 0 Å². The fourth-order valence-corrected chi connectivity index (χ4v) is 11.4. The average molecular weight is 723 g/mol. The van der Waals surface area contributed by atoms with Gasteiger partial charge < -0.3 is 19.8 Å². The molecule has 7 atom stereocenters. The molecule has 2 aliphatic heterocycles. The zero-order valence-corrected chi connectivity index (χ0v) is 28.8. The monoisotopic (exact) mass is 721 g/mol. The Morgan fingerprint density at radius 3 is 2.44 bits per heavy atom. The molecule has 13 heteroatoms. The number of halogens is 2. The van der Waals surface area contributed by atoms with Crippen molar-refractivity contribution in [1.82, 2.24) is 4.98 Å². The van der Waals surface area contributed by atoms with Gasteiger partial charge in [-0.2, -0.15) is 0 Å². The molecule has 3 amide bonds. The number of benzene rings is 3. The molecule has 3 aromatic carbocycles. The van der Waals surface area contributed by atoms with Crippen molar-refractivity contribution in [3.63, 3.8) is 0 Å². The second kappa shape index (κ2) is 12.0. The molecular weight excluding hydrogens is 693 g/mol. The number of hydrogen-bond acceptors (Lipinski definition) is 8. The van der Waals surface area contributed by atoms with Crippen LogP contribution >= 0.6 is 46.3 Å². The summed E-state index contributed by atoms with van der Waals surface area (Å²) in [4.78, 5) is 58.5. The van der Waals surface area contributed by atoms with Crippen molar-refractivity contribution in [2.24, 2.45) is 29.6 Å². The van der Waals surface area contributed by atoms with Crippen molar-refractivity contribution in [3.05, 3.63) is 96.4 Å². The van der Waals surface area contributed by atoms with Crippen molar-refractivity contribution < 1.29 is 23.9 Å². The molecule has 0 spiro atoms. The van der Waals surface area contributed by atoms with Crippen LogP contribution in [0.4, 0.5) is 11.4 Å². The Labute approximate surface area is 293 Å². The first-order valence-corrected chi connectivity index (χ1v) is 18.0. The molecule has 9 nitrogen and oxygen atoms in total. The molecule has 2 saturated carbocycles. The summed E-state index contributed by atoms with van der Waals surface area (Å²) in [6, 6.07) is 17.9. The number of aryl methyl sites for hydroxylation is 1. The fourth-order valence-electron chi connectivity index (χ4n) is 8.25. The largest absolute Gasteiger partial charge is 0.493 e. The molecule has 2 bridgehead atoms. The van der Waals surface area contributed by atoms with Crippen LogP contribution in [0.25, 0.3) is 0 Å². The van der Waals surface area contributed by atoms with Crippen LogP contribution in [0, 0.1) is 36.5 Å². The van der Waals surface area contributed by atoms with E-state index in [2.05, 4.69) is 10.3 Å². The van der Waals surface area contributed by atoms with E-state index in [1.807, 2.05) is 43.3 Å². The lowest BCUT2D eigenvalue weighted by molar-refractivity contribution is -0.123. The van der Waals surface area contributed by atoms with Crippen LogP contribution in [-0.4, -0.2) is 41.7 Å². The Balaban J connectivity index is 1.08. The van der Waals surface area contributed by atoms with Gasteiger partial charge in [0.05, 0.1) is 39.7 Å². The minimum Gasteiger partial charge on any atom is -0.493 e. The predicted octanol–water partition coefficient (Wildman–Crippen LogP) is 6.76. The number of aromatic nitrogens is 1. The molecule has 0 radical (unpaired) electrons. The number of thiazole rings is 1. The van der Waals surface area contributed by atoms with E-state index in [1.165, 1.54) is 23.3 Å². The highest BCUT2D eigenvalue weighted by Gasteiger charge is 2.69. The van der Waals surface area contributed by atoms with Gasteiger partial charge in [0.25, 0.3) is 5.91 Å². The molecule has 1 saturated heterocycles. The van der Waals surface area contributed by atoms with Crippen molar-refractivity contribution in [2.75, 3.05) is 23.9 Å². The van der Waals surface area contributed by atoms with Crippen LogP contribution < -0.4 is 24.6 Å². The number of rotatable bonds is 7. The molecular formula is C35H29Cl2N3O6S2. The molecule has 48 heavy (non-hydrogen) atoms. The van der Waals surface area contributed by atoms with Gasteiger partial charge in [-0.3, -0.25) is 24.1 Å². The van der Waals surface area contributed by atoms with Crippen LogP contribution in [0.5, 0.6) is 11.5 Å². The number of carbonyl (C=O) groups excluding carboxylic acids is 3. The summed E-state index contributed by atoms with van der Waals surface area (Å²) in [6.07, 6.45) is 0.791. The number of anilines is 2. The summed E-state index contributed by atoms with van der Waals surface area (Å²) < 4.78 is 11.6. The van der Waals surface area contributed by atoms with E-state index in [1.54, 1.807) is 36.0 Å². The third kappa shape index (κ3) is 5.05. The Morgan fingerprint density at radius 2 is 1.71 bits per heavy atom. The maximum absolute atomic E-state index is 14.0.